The highest BCUT2D eigenvalue weighted by atomic mass is 16.6. The molecular formula is C25H38N2O2. The zero-order valence-corrected chi connectivity index (χ0v) is 18.7. The maximum atomic E-state index is 12.6. The van der Waals surface area contributed by atoms with Gasteiger partial charge in [-0.3, -0.25) is 4.79 Å². The average Bonchev–Trinajstić information content (AvgIpc) is 3.29. The molecule has 4 heteroatoms. The van der Waals surface area contributed by atoms with Gasteiger partial charge in [0, 0.05) is 30.2 Å². The van der Waals surface area contributed by atoms with Crippen molar-refractivity contribution < 1.29 is 9.63 Å². The molecule has 160 valence electrons. The topological polar surface area (TPSA) is 50.7 Å². The molecule has 4 nitrogen and oxygen atoms in total. The third kappa shape index (κ3) is 2.80. The summed E-state index contributed by atoms with van der Waals surface area (Å²) < 4.78 is 0. The standard InChI is InChI=1S/C25H38N2O2/c1-23(2)20-7-5-17-18-6-8-22(28)25(18,4)12-9-19(17)24(20,3)13-10-21(23)27-29-16-11-14-26-15-16/h7,16-19,26H,5-6,8-15H2,1-4H3/b27-21+/t16-,17+,18+,19+,24-,25+/m1/s1. The van der Waals surface area contributed by atoms with Gasteiger partial charge in [-0.05, 0) is 68.2 Å². The summed E-state index contributed by atoms with van der Waals surface area (Å²) in [4.78, 5) is 18.6. The van der Waals surface area contributed by atoms with Gasteiger partial charge in [0.15, 0.2) is 0 Å². The van der Waals surface area contributed by atoms with Crippen LogP contribution in [0.3, 0.4) is 0 Å². The number of fused-ring (bicyclic) bond motifs is 5. The van der Waals surface area contributed by atoms with E-state index in [4.69, 9.17) is 9.99 Å². The largest absolute Gasteiger partial charge is 0.391 e. The number of hydrogen-bond acceptors (Lipinski definition) is 4. The first-order valence-corrected chi connectivity index (χ1v) is 11.9. The quantitative estimate of drug-likeness (QED) is 0.532. The zero-order valence-electron chi connectivity index (χ0n) is 18.7. The van der Waals surface area contributed by atoms with Crippen molar-refractivity contribution in [2.45, 2.75) is 85.2 Å². The minimum absolute atomic E-state index is 0.0315. The molecular weight excluding hydrogens is 360 g/mol. The molecule has 29 heavy (non-hydrogen) atoms. The van der Waals surface area contributed by atoms with E-state index in [1.165, 1.54) is 18.6 Å². The van der Waals surface area contributed by atoms with Crippen LogP contribution in [-0.2, 0) is 9.63 Å². The number of carbonyl (C=O) groups is 1. The van der Waals surface area contributed by atoms with E-state index in [1.807, 2.05) is 0 Å². The third-order valence-corrected chi connectivity index (χ3v) is 9.78. The van der Waals surface area contributed by atoms with Crippen molar-refractivity contribution >= 4 is 11.5 Å². The minimum atomic E-state index is -0.0389. The predicted octanol–water partition coefficient (Wildman–Crippen LogP) is 4.89. The number of nitrogens with zero attached hydrogens (tertiary/aromatic N) is 1. The number of Topliss-reactive ketones (excluding diaryl/α,β-unsaturated/α-hetero) is 1. The first-order valence-electron chi connectivity index (χ1n) is 11.9. The number of rotatable bonds is 2. The Morgan fingerprint density at radius 3 is 2.59 bits per heavy atom. The number of nitrogens with one attached hydrogen (secondary N) is 1. The summed E-state index contributed by atoms with van der Waals surface area (Å²) in [5.74, 6) is 2.54. The highest BCUT2D eigenvalue weighted by Crippen LogP contribution is 2.66. The van der Waals surface area contributed by atoms with Gasteiger partial charge in [-0.2, -0.15) is 0 Å². The number of oxime groups is 1. The maximum absolute atomic E-state index is 12.6. The van der Waals surface area contributed by atoms with Crippen LogP contribution in [0.1, 0.15) is 79.1 Å². The van der Waals surface area contributed by atoms with E-state index < -0.39 is 0 Å². The minimum Gasteiger partial charge on any atom is -0.391 e. The lowest BCUT2D eigenvalue weighted by atomic mass is 9.45. The van der Waals surface area contributed by atoms with Crippen LogP contribution in [0.25, 0.3) is 0 Å². The van der Waals surface area contributed by atoms with Crippen molar-refractivity contribution in [3.8, 4) is 0 Å². The van der Waals surface area contributed by atoms with Gasteiger partial charge in [-0.25, -0.2) is 0 Å². The lowest BCUT2D eigenvalue weighted by Gasteiger charge is -2.59. The molecule has 1 aliphatic heterocycles. The zero-order chi connectivity index (χ0) is 20.4. The van der Waals surface area contributed by atoms with E-state index in [1.54, 1.807) is 5.57 Å². The molecule has 0 spiro atoms. The van der Waals surface area contributed by atoms with Crippen LogP contribution in [0.2, 0.25) is 0 Å². The molecule has 5 aliphatic rings. The fraction of sp³-hybridized carbons (Fsp3) is 0.840. The number of hydrogen-bond donors (Lipinski definition) is 1. The molecule has 0 aromatic carbocycles. The molecule has 4 fully saturated rings. The molecule has 0 bridgehead atoms. The van der Waals surface area contributed by atoms with Crippen molar-refractivity contribution in [1.82, 2.24) is 5.32 Å². The van der Waals surface area contributed by atoms with Crippen LogP contribution < -0.4 is 5.32 Å². The molecule has 0 radical (unpaired) electrons. The van der Waals surface area contributed by atoms with Crippen LogP contribution in [0.5, 0.6) is 0 Å². The second-order valence-corrected chi connectivity index (χ2v) is 11.4. The lowest BCUT2D eigenvalue weighted by molar-refractivity contribution is -0.131. The molecule has 1 N–H and O–H groups in total. The van der Waals surface area contributed by atoms with E-state index in [-0.39, 0.29) is 22.3 Å². The van der Waals surface area contributed by atoms with Crippen LogP contribution in [-0.4, -0.2) is 30.7 Å². The van der Waals surface area contributed by atoms with Crippen molar-refractivity contribution in [2.75, 3.05) is 13.1 Å². The summed E-state index contributed by atoms with van der Waals surface area (Å²) in [5.41, 5.74) is 2.99. The van der Waals surface area contributed by atoms with Gasteiger partial charge in [-0.15, -0.1) is 0 Å². The van der Waals surface area contributed by atoms with Crippen molar-refractivity contribution in [3.05, 3.63) is 11.6 Å². The highest BCUT2D eigenvalue weighted by molar-refractivity contribution is 5.93. The highest BCUT2D eigenvalue weighted by Gasteiger charge is 2.60. The summed E-state index contributed by atoms with van der Waals surface area (Å²) in [6.45, 7) is 11.5. The SMILES string of the molecule is CC1(C)C2=CC[C@@H]3[C@H](CC[C@]4(C)C(=O)CC[C@@H]34)[C@@]2(C)CC/C1=N\O[C@@H]1CCNC1. The summed E-state index contributed by atoms with van der Waals surface area (Å²) >= 11 is 0. The van der Waals surface area contributed by atoms with E-state index in [2.05, 4.69) is 39.1 Å². The molecule has 1 saturated heterocycles. The Hall–Kier alpha value is -1.16. The van der Waals surface area contributed by atoms with Crippen LogP contribution in [0.4, 0.5) is 0 Å². The maximum Gasteiger partial charge on any atom is 0.141 e. The summed E-state index contributed by atoms with van der Waals surface area (Å²) in [6.07, 6.45) is 11.4. The van der Waals surface area contributed by atoms with Crippen molar-refractivity contribution in [1.29, 1.82) is 0 Å². The van der Waals surface area contributed by atoms with Gasteiger partial charge < -0.3 is 10.2 Å². The Bertz CT molecular complexity index is 763. The normalized spacial score (nSPS) is 47.4. The fourth-order valence-electron chi connectivity index (χ4n) is 8.02. The van der Waals surface area contributed by atoms with Gasteiger partial charge in [0.25, 0.3) is 0 Å². The van der Waals surface area contributed by atoms with Crippen LogP contribution >= 0.6 is 0 Å². The van der Waals surface area contributed by atoms with Gasteiger partial charge in [0.05, 0.1) is 5.71 Å². The molecule has 6 atom stereocenters. The Balaban J connectivity index is 1.43. The van der Waals surface area contributed by atoms with E-state index in [0.717, 1.165) is 51.6 Å². The molecule has 1 heterocycles. The third-order valence-electron chi connectivity index (χ3n) is 9.78. The van der Waals surface area contributed by atoms with Crippen molar-refractivity contribution in [3.63, 3.8) is 0 Å². The Kier molecular flexibility index (Phi) is 4.55. The predicted molar refractivity (Wildman–Crippen MR) is 116 cm³/mol. The van der Waals surface area contributed by atoms with Gasteiger partial charge >= 0.3 is 0 Å². The first kappa shape index (κ1) is 19.8. The number of ketones is 1. The average molecular weight is 399 g/mol. The van der Waals surface area contributed by atoms with E-state index >= 15 is 0 Å². The van der Waals surface area contributed by atoms with Gasteiger partial charge in [0.1, 0.15) is 11.9 Å². The number of allylic oxidation sites excluding steroid dienone is 2. The molecule has 3 saturated carbocycles. The lowest BCUT2D eigenvalue weighted by Crippen LogP contribution is -2.53. The van der Waals surface area contributed by atoms with Crippen molar-refractivity contribution in [2.24, 2.45) is 39.2 Å². The summed E-state index contributed by atoms with van der Waals surface area (Å²) in [7, 11) is 0. The number of carbonyl (C=O) groups excluding carboxylic acids is 1. The summed E-state index contributed by atoms with van der Waals surface area (Å²) in [6, 6.07) is 0. The van der Waals surface area contributed by atoms with Crippen LogP contribution in [0, 0.1) is 34.0 Å². The van der Waals surface area contributed by atoms with Gasteiger partial charge in [0.2, 0.25) is 0 Å². The smallest absolute Gasteiger partial charge is 0.141 e. The fourth-order valence-corrected chi connectivity index (χ4v) is 8.02. The van der Waals surface area contributed by atoms with Gasteiger partial charge in [-0.1, -0.05) is 44.5 Å². The van der Waals surface area contributed by atoms with Crippen LogP contribution in [0.15, 0.2) is 16.8 Å². The van der Waals surface area contributed by atoms with E-state index in [0.29, 0.717) is 23.5 Å². The molecule has 4 aliphatic carbocycles. The Morgan fingerprint density at radius 2 is 1.83 bits per heavy atom. The molecule has 0 unspecified atom stereocenters. The van der Waals surface area contributed by atoms with E-state index in [9.17, 15) is 4.79 Å². The Morgan fingerprint density at radius 1 is 1.03 bits per heavy atom. The second-order valence-electron chi connectivity index (χ2n) is 11.4. The second kappa shape index (κ2) is 6.67. The molecule has 0 aromatic rings. The molecule has 0 aromatic heterocycles. The first-order chi connectivity index (χ1) is 13.8. The molecule has 5 rings (SSSR count). The summed E-state index contributed by atoms with van der Waals surface area (Å²) in [5, 5.41) is 8.07. The molecule has 0 amide bonds. The Labute approximate surface area is 175 Å². The monoisotopic (exact) mass is 398 g/mol.